The van der Waals surface area contributed by atoms with Crippen molar-refractivity contribution >= 4 is 0 Å². The van der Waals surface area contributed by atoms with Crippen LogP contribution in [0.25, 0.3) is 0 Å². The SMILES string of the molecule is CC.CC1C2(CCCC2)CC2C3CCc4ccccc4C3CCC21C. The van der Waals surface area contributed by atoms with Gasteiger partial charge >= 0.3 is 0 Å². The summed E-state index contributed by atoms with van der Waals surface area (Å²) in [5.74, 6) is 3.82. The molecule has 0 bridgehead atoms. The lowest BCUT2D eigenvalue weighted by Gasteiger charge is -2.51. The fourth-order valence-electron chi connectivity index (χ4n) is 7.82. The Balaban J connectivity index is 0.000000758. The summed E-state index contributed by atoms with van der Waals surface area (Å²) >= 11 is 0. The van der Waals surface area contributed by atoms with Gasteiger partial charge in [-0.2, -0.15) is 0 Å². The maximum atomic E-state index is 2.69. The molecule has 25 heavy (non-hydrogen) atoms. The summed E-state index contributed by atoms with van der Waals surface area (Å²) in [6.07, 6.45) is 13.4. The zero-order chi connectivity index (χ0) is 17.7. The minimum Gasteiger partial charge on any atom is -0.0683 e. The first kappa shape index (κ1) is 17.6. The van der Waals surface area contributed by atoms with Gasteiger partial charge in [-0.3, -0.25) is 0 Å². The molecule has 4 aliphatic carbocycles. The summed E-state index contributed by atoms with van der Waals surface area (Å²) in [4.78, 5) is 0. The van der Waals surface area contributed by atoms with Gasteiger partial charge in [0.05, 0.1) is 0 Å². The summed E-state index contributed by atoms with van der Waals surface area (Å²) in [6, 6.07) is 9.38. The first-order chi connectivity index (χ1) is 12.1. The van der Waals surface area contributed by atoms with E-state index >= 15 is 0 Å². The molecule has 0 nitrogen and oxygen atoms in total. The monoisotopic (exact) mass is 338 g/mol. The zero-order valence-electron chi connectivity index (χ0n) is 17.0. The second-order valence-corrected chi connectivity index (χ2v) is 9.65. The molecule has 1 spiro atoms. The van der Waals surface area contributed by atoms with E-state index in [1.807, 2.05) is 13.8 Å². The minimum absolute atomic E-state index is 0.637. The second kappa shape index (κ2) is 6.43. The molecule has 0 N–H and O–H groups in total. The molecule has 3 saturated carbocycles. The molecule has 1 aromatic carbocycles. The number of aryl methyl sites for hydroxylation is 1. The average molecular weight is 339 g/mol. The fraction of sp³-hybridized carbons (Fsp3) is 0.760. The third-order valence-corrected chi connectivity index (χ3v) is 9.21. The summed E-state index contributed by atoms with van der Waals surface area (Å²) in [6.45, 7) is 9.33. The van der Waals surface area contributed by atoms with Crippen LogP contribution >= 0.6 is 0 Å². The maximum absolute atomic E-state index is 2.69. The van der Waals surface area contributed by atoms with Gasteiger partial charge in [-0.05, 0) is 90.6 Å². The summed E-state index contributed by atoms with van der Waals surface area (Å²) < 4.78 is 0. The molecule has 4 aliphatic rings. The lowest BCUT2D eigenvalue weighted by Crippen LogP contribution is -2.42. The van der Waals surface area contributed by atoms with Gasteiger partial charge < -0.3 is 0 Å². The molecule has 1 aromatic rings. The van der Waals surface area contributed by atoms with Gasteiger partial charge in [-0.15, -0.1) is 0 Å². The van der Waals surface area contributed by atoms with E-state index in [0.29, 0.717) is 5.41 Å². The highest BCUT2D eigenvalue weighted by Crippen LogP contribution is 2.71. The third-order valence-electron chi connectivity index (χ3n) is 9.21. The number of fused-ring (bicyclic) bond motifs is 5. The van der Waals surface area contributed by atoms with Crippen molar-refractivity contribution in [3.63, 3.8) is 0 Å². The molecule has 0 heterocycles. The van der Waals surface area contributed by atoms with Crippen molar-refractivity contribution in [3.05, 3.63) is 35.4 Å². The number of benzene rings is 1. The predicted molar refractivity (Wildman–Crippen MR) is 108 cm³/mol. The summed E-state index contributed by atoms with van der Waals surface area (Å²) in [7, 11) is 0. The first-order valence-electron chi connectivity index (χ1n) is 11.2. The van der Waals surface area contributed by atoms with Crippen molar-refractivity contribution in [2.24, 2.45) is 28.6 Å². The molecular formula is C25H38. The summed E-state index contributed by atoms with van der Waals surface area (Å²) in [5.41, 5.74) is 4.76. The van der Waals surface area contributed by atoms with Crippen molar-refractivity contribution in [3.8, 4) is 0 Å². The molecule has 5 unspecified atom stereocenters. The van der Waals surface area contributed by atoms with Crippen LogP contribution in [0.4, 0.5) is 0 Å². The average Bonchev–Trinajstić information content (AvgIpc) is 3.22. The maximum Gasteiger partial charge on any atom is -0.0128 e. The Morgan fingerprint density at radius 2 is 1.68 bits per heavy atom. The smallest absolute Gasteiger partial charge is 0.0128 e. The van der Waals surface area contributed by atoms with E-state index in [-0.39, 0.29) is 0 Å². The highest BCUT2D eigenvalue weighted by atomic mass is 14.7. The van der Waals surface area contributed by atoms with Gasteiger partial charge in [-0.1, -0.05) is 64.8 Å². The highest BCUT2D eigenvalue weighted by molar-refractivity contribution is 5.35. The van der Waals surface area contributed by atoms with E-state index in [1.54, 1.807) is 17.5 Å². The molecule has 0 heteroatoms. The molecular weight excluding hydrogens is 300 g/mol. The van der Waals surface area contributed by atoms with Crippen LogP contribution in [0.2, 0.25) is 0 Å². The van der Waals surface area contributed by atoms with Crippen LogP contribution in [-0.2, 0) is 6.42 Å². The number of rotatable bonds is 0. The van der Waals surface area contributed by atoms with Gasteiger partial charge in [0.1, 0.15) is 0 Å². The van der Waals surface area contributed by atoms with Gasteiger partial charge in [0, 0.05) is 0 Å². The first-order valence-corrected chi connectivity index (χ1v) is 11.2. The van der Waals surface area contributed by atoms with Crippen molar-refractivity contribution in [1.82, 2.24) is 0 Å². The second-order valence-electron chi connectivity index (χ2n) is 9.65. The molecule has 0 aliphatic heterocycles. The predicted octanol–water partition coefficient (Wildman–Crippen LogP) is 7.38. The molecule has 0 saturated heterocycles. The fourth-order valence-corrected chi connectivity index (χ4v) is 7.82. The number of hydrogen-bond acceptors (Lipinski definition) is 0. The lowest BCUT2D eigenvalue weighted by molar-refractivity contribution is 0.0257. The van der Waals surface area contributed by atoms with Crippen molar-refractivity contribution in [2.45, 2.75) is 91.4 Å². The minimum atomic E-state index is 0.637. The van der Waals surface area contributed by atoms with Crippen LogP contribution in [0.1, 0.15) is 96.1 Å². The Hall–Kier alpha value is -0.780. The Kier molecular flexibility index (Phi) is 4.53. The Morgan fingerprint density at radius 3 is 2.44 bits per heavy atom. The van der Waals surface area contributed by atoms with E-state index in [4.69, 9.17) is 0 Å². The lowest BCUT2D eigenvalue weighted by atomic mass is 9.54. The van der Waals surface area contributed by atoms with E-state index in [9.17, 15) is 0 Å². The normalized spacial score (nSPS) is 40.6. The largest absolute Gasteiger partial charge is 0.0683 e. The standard InChI is InChI=1S/C23H32.C2H6/c1-16-22(2)14-11-19-18-8-4-3-7-17(18)9-10-20(19)21(22)15-23(16)12-5-6-13-23;1-2/h3-4,7-8,16,19-21H,5-6,9-15H2,1-2H3;1-2H3. The van der Waals surface area contributed by atoms with Crippen LogP contribution < -0.4 is 0 Å². The van der Waals surface area contributed by atoms with Crippen LogP contribution in [-0.4, -0.2) is 0 Å². The van der Waals surface area contributed by atoms with E-state index in [2.05, 4.69) is 38.1 Å². The Morgan fingerprint density at radius 1 is 0.960 bits per heavy atom. The topological polar surface area (TPSA) is 0 Å². The quantitative estimate of drug-likeness (QED) is 0.463. The van der Waals surface area contributed by atoms with E-state index in [0.717, 1.165) is 29.1 Å². The van der Waals surface area contributed by atoms with Gasteiger partial charge in [-0.25, -0.2) is 0 Å². The molecule has 0 amide bonds. The molecule has 138 valence electrons. The van der Waals surface area contributed by atoms with Gasteiger partial charge in [0.15, 0.2) is 0 Å². The Bertz CT molecular complexity index is 608. The van der Waals surface area contributed by atoms with Crippen LogP contribution in [0.15, 0.2) is 24.3 Å². The summed E-state index contributed by atoms with van der Waals surface area (Å²) in [5, 5.41) is 0. The Labute approximate surface area is 155 Å². The third kappa shape index (κ3) is 2.46. The molecule has 0 radical (unpaired) electrons. The highest BCUT2D eigenvalue weighted by Gasteiger charge is 2.62. The van der Waals surface area contributed by atoms with Crippen LogP contribution in [0, 0.1) is 28.6 Å². The van der Waals surface area contributed by atoms with Crippen molar-refractivity contribution < 1.29 is 0 Å². The van der Waals surface area contributed by atoms with E-state index < -0.39 is 0 Å². The van der Waals surface area contributed by atoms with Crippen molar-refractivity contribution in [1.29, 1.82) is 0 Å². The van der Waals surface area contributed by atoms with Crippen LogP contribution in [0.3, 0.4) is 0 Å². The van der Waals surface area contributed by atoms with Gasteiger partial charge in [0.25, 0.3) is 0 Å². The van der Waals surface area contributed by atoms with Crippen molar-refractivity contribution in [2.75, 3.05) is 0 Å². The molecule has 5 atom stereocenters. The molecule has 0 aromatic heterocycles. The zero-order valence-corrected chi connectivity index (χ0v) is 17.0. The van der Waals surface area contributed by atoms with Crippen LogP contribution in [0.5, 0.6) is 0 Å². The number of hydrogen-bond donors (Lipinski definition) is 0. The van der Waals surface area contributed by atoms with Gasteiger partial charge in [0.2, 0.25) is 0 Å². The molecule has 3 fully saturated rings. The van der Waals surface area contributed by atoms with E-state index in [1.165, 1.54) is 51.4 Å². The molecule has 5 rings (SSSR count).